The number of rotatable bonds is 2. The van der Waals surface area contributed by atoms with Crippen LogP contribution in [0.15, 0.2) is 52.9 Å². The van der Waals surface area contributed by atoms with Gasteiger partial charge in [0.05, 0.1) is 0 Å². The summed E-state index contributed by atoms with van der Waals surface area (Å²) in [5.41, 5.74) is 2.77. The van der Waals surface area contributed by atoms with Crippen LogP contribution in [0.3, 0.4) is 0 Å². The first kappa shape index (κ1) is 10.7. The highest BCUT2D eigenvalue weighted by Crippen LogP contribution is 2.26. The molecule has 0 fully saturated rings. The Morgan fingerprint density at radius 2 is 1.83 bits per heavy atom. The van der Waals surface area contributed by atoms with E-state index in [0.29, 0.717) is 22.6 Å². The number of hydrogen-bond acceptors (Lipinski definition) is 3. The van der Waals surface area contributed by atoms with Crippen LogP contribution in [0, 0.1) is 0 Å². The van der Waals surface area contributed by atoms with Gasteiger partial charge in [0.2, 0.25) is 5.89 Å². The van der Waals surface area contributed by atoms with Gasteiger partial charge >= 0.3 is 0 Å². The first-order valence-electron chi connectivity index (χ1n) is 5.71. The van der Waals surface area contributed by atoms with Crippen LogP contribution in [-0.2, 0) is 0 Å². The standard InChI is InChI=1S/C15H11NO2/c1-10(17)12-8-5-9-13-14(12)16-15(18-13)11-6-3-2-4-7-11/h2-9H,1H3. The predicted molar refractivity (Wildman–Crippen MR) is 69.4 cm³/mol. The fraction of sp³-hybridized carbons (Fsp3) is 0.0667. The number of carbonyl (C=O) groups excluding carboxylic acids is 1. The molecule has 0 saturated carbocycles. The predicted octanol–water partition coefficient (Wildman–Crippen LogP) is 3.70. The van der Waals surface area contributed by atoms with E-state index in [1.807, 2.05) is 36.4 Å². The topological polar surface area (TPSA) is 43.1 Å². The molecule has 3 nitrogen and oxygen atoms in total. The van der Waals surface area contributed by atoms with Crippen LogP contribution >= 0.6 is 0 Å². The van der Waals surface area contributed by atoms with Gasteiger partial charge in [-0.3, -0.25) is 4.79 Å². The van der Waals surface area contributed by atoms with Crippen molar-refractivity contribution < 1.29 is 9.21 Å². The Bertz CT molecular complexity index is 714. The third-order valence-corrected chi connectivity index (χ3v) is 2.82. The van der Waals surface area contributed by atoms with Crippen molar-refractivity contribution in [3.63, 3.8) is 0 Å². The van der Waals surface area contributed by atoms with Gasteiger partial charge in [-0.1, -0.05) is 24.3 Å². The van der Waals surface area contributed by atoms with Gasteiger partial charge in [0.25, 0.3) is 0 Å². The highest BCUT2D eigenvalue weighted by molar-refractivity contribution is 6.04. The molecule has 0 aliphatic rings. The highest BCUT2D eigenvalue weighted by Gasteiger charge is 2.13. The van der Waals surface area contributed by atoms with E-state index in [9.17, 15) is 4.79 Å². The number of Topliss-reactive ketones (excluding diaryl/α,β-unsaturated/α-hetero) is 1. The largest absolute Gasteiger partial charge is 0.436 e. The van der Waals surface area contributed by atoms with Gasteiger partial charge in [-0.2, -0.15) is 0 Å². The number of ketones is 1. The highest BCUT2D eigenvalue weighted by atomic mass is 16.3. The number of nitrogens with zero attached hydrogens (tertiary/aromatic N) is 1. The van der Waals surface area contributed by atoms with Gasteiger partial charge < -0.3 is 4.42 Å². The molecule has 3 rings (SSSR count). The molecule has 1 heterocycles. The Kier molecular flexibility index (Phi) is 2.45. The number of oxazole rings is 1. The van der Waals surface area contributed by atoms with Gasteiger partial charge in [0.15, 0.2) is 11.4 Å². The summed E-state index contributed by atoms with van der Waals surface area (Å²) in [6, 6.07) is 15.0. The molecule has 0 bridgehead atoms. The molecule has 1 aromatic heterocycles. The van der Waals surface area contributed by atoms with E-state index in [4.69, 9.17) is 4.42 Å². The zero-order valence-corrected chi connectivity index (χ0v) is 9.88. The van der Waals surface area contributed by atoms with Gasteiger partial charge in [0.1, 0.15) is 5.52 Å². The Hall–Kier alpha value is -2.42. The van der Waals surface area contributed by atoms with Crippen molar-refractivity contribution >= 4 is 16.9 Å². The van der Waals surface area contributed by atoms with Gasteiger partial charge in [-0.15, -0.1) is 0 Å². The molecule has 0 spiro atoms. The quantitative estimate of drug-likeness (QED) is 0.638. The van der Waals surface area contributed by atoms with E-state index in [0.717, 1.165) is 5.56 Å². The summed E-state index contributed by atoms with van der Waals surface area (Å²) in [7, 11) is 0. The van der Waals surface area contributed by atoms with Crippen LogP contribution in [0.25, 0.3) is 22.6 Å². The fourth-order valence-corrected chi connectivity index (χ4v) is 1.94. The summed E-state index contributed by atoms with van der Waals surface area (Å²) in [4.78, 5) is 15.9. The normalized spacial score (nSPS) is 10.7. The molecule has 0 aliphatic carbocycles. The molecule has 0 amide bonds. The second kappa shape index (κ2) is 4.11. The van der Waals surface area contributed by atoms with E-state index in [2.05, 4.69) is 4.98 Å². The Labute approximate surface area is 104 Å². The summed E-state index contributed by atoms with van der Waals surface area (Å²) >= 11 is 0. The molecule has 3 aromatic rings. The second-order valence-electron chi connectivity index (χ2n) is 4.09. The van der Waals surface area contributed by atoms with E-state index in [1.54, 1.807) is 12.1 Å². The zero-order valence-electron chi connectivity index (χ0n) is 9.88. The first-order chi connectivity index (χ1) is 8.75. The van der Waals surface area contributed by atoms with Crippen molar-refractivity contribution in [2.45, 2.75) is 6.92 Å². The van der Waals surface area contributed by atoms with Crippen LogP contribution < -0.4 is 0 Å². The molecular formula is C15H11NO2. The summed E-state index contributed by atoms with van der Waals surface area (Å²) < 4.78 is 5.68. The van der Waals surface area contributed by atoms with E-state index >= 15 is 0 Å². The Morgan fingerprint density at radius 1 is 1.06 bits per heavy atom. The lowest BCUT2D eigenvalue weighted by atomic mass is 10.1. The lowest BCUT2D eigenvalue weighted by Crippen LogP contribution is -1.92. The fourth-order valence-electron chi connectivity index (χ4n) is 1.94. The third-order valence-electron chi connectivity index (χ3n) is 2.82. The summed E-state index contributed by atoms with van der Waals surface area (Å²) in [5.74, 6) is 0.535. The summed E-state index contributed by atoms with van der Waals surface area (Å²) in [6.45, 7) is 1.53. The monoisotopic (exact) mass is 237 g/mol. The molecule has 0 atom stereocenters. The number of fused-ring (bicyclic) bond motifs is 1. The van der Waals surface area contributed by atoms with Crippen LogP contribution in [0.1, 0.15) is 17.3 Å². The molecule has 3 heteroatoms. The SMILES string of the molecule is CC(=O)c1cccc2oc(-c3ccccc3)nc12. The molecule has 0 radical (unpaired) electrons. The van der Waals surface area contributed by atoms with Gasteiger partial charge in [-0.05, 0) is 31.2 Å². The molecule has 88 valence electrons. The molecule has 0 saturated heterocycles. The number of para-hydroxylation sites is 1. The zero-order chi connectivity index (χ0) is 12.5. The van der Waals surface area contributed by atoms with Crippen molar-refractivity contribution in [2.24, 2.45) is 0 Å². The minimum absolute atomic E-state index is 0.00601. The lowest BCUT2D eigenvalue weighted by Gasteiger charge is -1.93. The maximum Gasteiger partial charge on any atom is 0.227 e. The van der Waals surface area contributed by atoms with Crippen LogP contribution in [0.2, 0.25) is 0 Å². The van der Waals surface area contributed by atoms with Crippen LogP contribution in [0.5, 0.6) is 0 Å². The number of aromatic nitrogens is 1. The Balaban J connectivity index is 2.23. The number of carbonyl (C=O) groups is 1. The van der Waals surface area contributed by atoms with Crippen LogP contribution in [0.4, 0.5) is 0 Å². The summed E-state index contributed by atoms with van der Waals surface area (Å²) in [6.07, 6.45) is 0. The van der Waals surface area contributed by atoms with E-state index in [-0.39, 0.29) is 5.78 Å². The molecule has 0 aliphatic heterocycles. The maximum absolute atomic E-state index is 11.5. The van der Waals surface area contributed by atoms with Crippen molar-refractivity contribution in [1.82, 2.24) is 4.98 Å². The van der Waals surface area contributed by atoms with E-state index < -0.39 is 0 Å². The van der Waals surface area contributed by atoms with Gasteiger partial charge in [-0.25, -0.2) is 4.98 Å². The maximum atomic E-state index is 11.5. The lowest BCUT2D eigenvalue weighted by molar-refractivity contribution is 0.101. The van der Waals surface area contributed by atoms with Crippen molar-refractivity contribution in [2.75, 3.05) is 0 Å². The van der Waals surface area contributed by atoms with Gasteiger partial charge in [0, 0.05) is 11.1 Å². The third kappa shape index (κ3) is 1.70. The smallest absolute Gasteiger partial charge is 0.227 e. The molecule has 18 heavy (non-hydrogen) atoms. The number of benzene rings is 2. The molecule has 0 N–H and O–H groups in total. The van der Waals surface area contributed by atoms with Crippen molar-refractivity contribution in [3.8, 4) is 11.5 Å². The average molecular weight is 237 g/mol. The van der Waals surface area contributed by atoms with Crippen molar-refractivity contribution in [3.05, 3.63) is 54.1 Å². The minimum atomic E-state index is -0.00601. The number of hydrogen-bond donors (Lipinski definition) is 0. The summed E-state index contributed by atoms with van der Waals surface area (Å²) in [5, 5.41) is 0. The van der Waals surface area contributed by atoms with Crippen molar-refractivity contribution in [1.29, 1.82) is 0 Å². The minimum Gasteiger partial charge on any atom is -0.436 e. The van der Waals surface area contributed by atoms with E-state index in [1.165, 1.54) is 6.92 Å². The molecule has 2 aromatic carbocycles. The Morgan fingerprint density at radius 3 is 2.56 bits per heavy atom. The molecule has 0 unspecified atom stereocenters. The second-order valence-corrected chi connectivity index (χ2v) is 4.09. The van der Waals surface area contributed by atoms with Crippen LogP contribution in [-0.4, -0.2) is 10.8 Å². The first-order valence-corrected chi connectivity index (χ1v) is 5.71. The average Bonchev–Trinajstić information content (AvgIpc) is 2.83. The molecular weight excluding hydrogens is 226 g/mol.